The van der Waals surface area contributed by atoms with Crippen LogP contribution in [0.2, 0.25) is 0 Å². The van der Waals surface area contributed by atoms with E-state index in [1.165, 1.54) is 13.0 Å². The van der Waals surface area contributed by atoms with Gasteiger partial charge in [-0.1, -0.05) is 6.07 Å². The minimum atomic E-state index is 0.710. The van der Waals surface area contributed by atoms with E-state index in [1.807, 2.05) is 11.3 Å². The molecule has 0 amide bonds. The number of thiophene rings is 1. The molecule has 2 heterocycles. The van der Waals surface area contributed by atoms with Crippen LogP contribution in [0.25, 0.3) is 0 Å². The zero-order chi connectivity index (χ0) is 7.68. The van der Waals surface area contributed by atoms with Crippen molar-refractivity contribution in [3.63, 3.8) is 0 Å². The molecule has 1 N–H and O–H groups in total. The molecule has 1 saturated heterocycles. The monoisotopic (exact) mass is 167 g/mol. The lowest BCUT2D eigenvalue weighted by Crippen LogP contribution is -2.16. The smallest absolute Gasteiger partial charge is 0.00894 e. The summed E-state index contributed by atoms with van der Waals surface area (Å²) in [6.45, 7) is 3.43. The molecule has 2 heteroatoms. The molecule has 1 aliphatic heterocycles. The fraction of sp³-hybridized carbons (Fsp3) is 0.556. The quantitative estimate of drug-likeness (QED) is 0.676. The Balaban J connectivity index is 2.08. The average Bonchev–Trinajstić information content (AvgIpc) is 2.55. The highest BCUT2D eigenvalue weighted by Crippen LogP contribution is 2.28. The Kier molecular flexibility index (Phi) is 1.96. The van der Waals surface area contributed by atoms with Crippen LogP contribution in [0.4, 0.5) is 0 Å². The normalized spacial score (nSPS) is 31.0. The Bertz CT molecular complexity index is 217. The van der Waals surface area contributed by atoms with Crippen LogP contribution in [0.5, 0.6) is 0 Å². The van der Waals surface area contributed by atoms with Gasteiger partial charge in [-0.3, -0.25) is 0 Å². The lowest BCUT2D eigenvalue weighted by Gasteiger charge is -2.03. The molecule has 1 aromatic heterocycles. The van der Waals surface area contributed by atoms with Crippen molar-refractivity contribution < 1.29 is 0 Å². The van der Waals surface area contributed by atoms with Gasteiger partial charge in [-0.25, -0.2) is 0 Å². The molecule has 60 valence electrons. The minimum absolute atomic E-state index is 0.710. The lowest BCUT2D eigenvalue weighted by molar-refractivity contribution is 0.659. The molecule has 11 heavy (non-hydrogen) atoms. The Morgan fingerprint density at radius 3 is 3.09 bits per heavy atom. The summed E-state index contributed by atoms with van der Waals surface area (Å²) in [5.74, 6) is 0.782. The highest BCUT2D eigenvalue weighted by molar-refractivity contribution is 7.10. The topological polar surface area (TPSA) is 12.0 Å². The highest BCUT2D eigenvalue weighted by atomic mass is 32.1. The van der Waals surface area contributed by atoms with Crippen molar-refractivity contribution >= 4 is 11.3 Å². The summed E-state index contributed by atoms with van der Waals surface area (Å²) in [5, 5.41) is 5.63. The van der Waals surface area contributed by atoms with Crippen molar-refractivity contribution in [1.29, 1.82) is 0 Å². The van der Waals surface area contributed by atoms with Crippen molar-refractivity contribution in [3.05, 3.63) is 22.4 Å². The first kappa shape index (κ1) is 7.32. The number of nitrogens with one attached hydrogen (secondary N) is 1. The largest absolute Gasteiger partial charge is 0.314 e. The van der Waals surface area contributed by atoms with Crippen molar-refractivity contribution in [2.45, 2.75) is 25.3 Å². The maximum absolute atomic E-state index is 3.46. The van der Waals surface area contributed by atoms with Gasteiger partial charge in [0.1, 0.15) is 0 Å². The van der Waals surface area contributed by atoms with Gasteiger partial charge >= 0.3 is 0 Å². The average molecular weight is 167 g/mol. The van der Waals surface area contributed by atoms with E-state index in [2.05, 4.69) is 29.8 Å². The van der Waals surface area contributed by atoms with Crippen LogP contribution < -0.4 is 5.32 Å². The van der Waals surface area contributed by atoms with Crippen LogP contribution in [0.3, 0.4) is 0 Å². The van der Waals surface area contributed by atoms with Gasteiger partial charge in [-0.2, -0.15) is 0 Å². The second kappa shape index (κ2) is 2.95. The predicted octanol–water partition coefficient (Wildman–Crippen LogP) is 2.21. The third-order valence-electron chi connectivity index (χ3n) is 2.30. The van der Waals surface area contributed by atoms with E-state index in [4.69, 9.17) is 0 Å². The summed E-state index contributed by atoms with van der Waals surface area (Å²) in [7, 11) is 0. The molecule has 0 aliphatic carbocycles. The molecular weight excluding hydrogens is 154 g/mol. The Hall–Kier alpha value is -0.340. The Labute approximate surface area is 71.4 Å². The molecular formula is C9H13NS. The predicted molar refractivity (Wildman–Crippen MR) is 49.1 cm³/mol. The summed E-state index contributed by atoms with van der Waals surface area (Å²) in [5.41, 5.74) is 0. The molecule has 0 unspecified atom stereocenters. The van der Waals surface area contributed by atoms with E-state index in [0.29, 0.717) is 6.04 Å². The lowest BCUT2D eigenvalue weighted by atomic mass is 10.1. The fourth-order valence-electron chi connectivity index (χ4n) is 1.68. The molecule has 0 bridgehead atoms. The zero-order valence-electron chi connectivity index (χ0n) is 6.71. The molecule has 1 aliphatic rings. The Morgan fingerprint density at radius 2 is 2.55 bits per heavy atom. The number of hydrogen-bond donors (Lipinski definition) is 1. The van der Waals surface area contributed by atoms with E-state index in [9.17, 15) is 0 Å². The van der Waals surface area contributed by atoms with Crippen molar-refractivity contribution in [3.8, 4) is 0 Å². The van der Waals surface area contributed by atoms with Crippen molar-refractivity contribution in [2.24, 2.45) is 0 Å². The zero-order valence-corrected chi connectivity index (χ0v) is 7.53. The molecule has 2 atom stereocenters. The molecule has 1 fully saturated rings. The van der Waals surface area contributed by atoms with E-state index >= 15 is 0 Å². The van der Waals surface area contributed by atoms with Gasteiger partial charge in [0.2, 0.25) is 0 Å². The maximum Gasteiger partial charge on any atom is 0.00894 e. The van der Waals surface area contributed by atoms with Gasteiger partial charge in [0.15, 0.2) is 0 Å². The summed E-state index contributed by atoms with van der Waals surface area (Å²) >= 11 is 1.88. The van der Waals surface area contributed by atoms with E-state index in [-0.39, 0.29) is 0 Å². The van der Waals surface area contributed by atoms with E-state index < -0.39 is 0 Å². The summed E-state index contributed by atoms with van der Waals surface area (Å²) in [4.78, 5) is 1.54. The van der Waals surface area contributed by atoms with Gasteiger partial charge in [0.05, 0.1) is 0 Å². The molecule has 0 saturated carbocycles. The highest BCUT2D eigenvalue weighted by Gasteiger charge is 2.22. The van der Waals surface area contributed by atoms with Crippen LogP contribution >= 0.6 is 11.3 Å². The second-order valence-corrected chi connectivity index (χ2v) is 4.24. The van der Waals surface area contributed by atoms with Crippen molar-refractivity contribution in [2.75, 3.05) is 6.54 Å². The third-order valence-corrected chi connectivity index (χ3v) is 3.33. The molecule has 1 nitrogen and oxygen atoms in total. The molecule has 0 radical (unpaired) electrons. The first-order valence-corrected chi connectivity index (χ1v) is 5.01. The molecule has 0 spiro atoms. The minimum Gasteiger partial charge on any atom is -0.314 e. The van der Waals surface area contributed by atoms with Crippen LogP contribution in [0.15, 0.2) is 17.5 Å². The SMILES string of the molecule is C[C@@H]1C[C@@H](c2cccs2)CN1. The van der Waals surface area contributed by atoms with Gasteiger partial charge in [-0.05, 0) is 24.8 Å². The third kappa shape index (κ3) is 1.47. The maximum atomic E-state index is 3.46. The summed E-state index contributed by atoms with van der Waals surface area (Å²) in [6, 6.07) is 5.10. The van der Waals surface area contributed by atoms with Crippen LogP contribution in [0.1, 0.15) is 24.1 Å². The van der Waals surface area contributed by atoms with Crippen LogP contribution in [0, 0.1) is 0 Å². The molecule has 0 aromatic carbocycles. The first-order valence-electron chi connectivity index (χ1n) is 4.13. The Morgan fingerprint density at radius 1 is 1.64 bits per heavy atom. The van der Waals surface area contributed by atoms with Crippen molar-refractivity contribution in [1.82, 2.24) is 5.32 Å². The number of hydrogen-bond acceptors (Lipinski definition) is 2. The number of rotatable bonds is 1. The van der Waals surface area contributed by atoms with Crippen LogP contribution in [-0.4, -0.2) is 12.6 Å². The summed E-state index contributed by atoms with van der Waals surface area (Å²) in [6.07, 6.45) is 1.31. The molecule has 2 rings (SSSR count). The van der Waals surface area contributed by atoms with Gasteiger partial charge in [-0.15, -0.1) is 11.3 Å². The molecule has 1 aromatic rings. The standard InChI is InChI=1S/C9H13NS/c1-7-5-8(6-10-7)9-3-2-4-11-9/h2-4,7-8,10H,5-6H2,1H3/t7-,8-/m1/s1. The van der Waals surface area contributed by atoms with Gasteiger partial charge in [0.25, 0.3) is 0 Å². The second-order valence-electron chi connectivity index (χ2n) is 3.26. The van der Waals surface area contributed by atoms with Gasteiger partial charge < -0.3 is 5.32 Å². The van der Waals surface area contributed by atoms with E-state index in [1.54, 1.807) is 4.88 Å². The summed E-state index contributed by atoms with van der Waals surface area (Å²) < 4.78 is 0. The van der Waals surface area contributed by atoms with Crippen LogP contribution in [-0.2, 0) is 0 Å². The first-order chi connectivity index (χ1) is 5.36. The van der Waals surface area contributed by atoms with E-state index in [0.717, 1.165) is 5.92 Å². The fourth-order valence-corrected chi connectivity index (χ4v) is 2.52. The van der Waals surface area contributed by atoms with Gasteiger partial charge in [0, 0.05) is 23.4 Å².